The highest BCUT2D eigenvalue weighted by atomic mass is 31.2. The van der Waals surface area contributed by atoms with Gasteiger partial charge in [0.15, 0.2) is 22.1 Å². The largest absolute Gasteiger partial charge is 0.921 e. The summed E-state index contributed by atoms with van der Waals surface area (Å²) in [4.78, 5) is 0. The van der Waals surface area contributed by atoms with Gasteiger partial charge in [0.2, 0.25) is 0 Å². The molecule has 0 rings (SSSR count). The molecule has 0 aromatic rings. The van der Waals surface area contributed by atoms with E-state index in [1.165, 1.54) is 57.8 Å². The van der Waals surface area contributed by atoms with Crippen LogP contribution in [-0.4, -0.2) is 53.6 Å². The first-order chi connectivity index (χ1) is 17.5. The fourth-order valence-corrected chi connectivity index (χ4v) is 13.8. The first-order valence-corrected chi connectivity index (χ1v) is 23.4. The van der Waals surface area contributed by atoms with Crippen molar-refractivity contribution in [2.45, 2.75) is 136 Å². The van der Waals surface area contributed by atoms with Crippen molar-refractivity contribution in [3.8, 4) is 0 Å². The van der Waals surface area contributed by atoms with Gasteiger partial charge in [-0.1, -0.05) is 117 Å². The van der Waals surface area contributed by atoms with E-state index in [2.05, 4.69) is 20.8 Å². The van der Waals surface area contributed by atoms with Crippen LogP contribution < -0.4 is 0 Å². The van der Waals surface area contributed by atoms with Crippen LogP contribution >= 0.6 is 22.1 Å². The molecule has 0 N–H and O–H groups in total. The van der Waals surface area contributed by atoms with Crippen molar-refractivity contribution in [1.29, 1.82) is 0 Å². The minimum Gasteiger partial charge on any atom is -0.405 e. The van der Waals surface area contributed by atoms with Crippen molar-refractivity contribution in [3.05, 3.63) is 0 Å². The van der Waals surface area contributed by atoms with Crippen LogP contribution in [0.3, 0.4) is 0 Å². The summed E-state index contributed by atoms with van der Waals surface area (Å²) >= 11 is -3.11. The molecule has 222 valence electrons. The molecule has 0 amide bonds. The second-order valence-corrected chi connectivity index (χ2v) is 21.7. The zero-order valence-corrected chi connectivity index (χ0v) is 29.1. The van der Waals surface area contributed by atoms with Gasteiger partial charge in [-0.05, 0) is 19.3 Å². The summed E-state index contributed by atoms with van der Waals surface area (Å²) in [6, 6.07) is 0. The maximum absolute atomic E-state index is 13.3. The van der Waals surface area contributed by atoms with E-state index in [-0.39, 0.29) is 0 Å². The lowest BCUT2D eigenvalue weighted by Crippen LogP contribution is -2.25. The standard InChI is InChI=1S/3C9H21O2P.Al/c3*1-3-4-5-6-7-8-9-12(2,10)11;/h3*3-9H2,1-2H3,(H,10,11);/q;;;+3/p-3. The second-order valence-electron chi connectivity index (χ2n) is 11.1. The van der Waals surface area contributed by atoms with Crippen molar-refractivity contribution in [3.63, 3.8) is 0 Å². The minimum atomic E-state index is -3.11. The molecule has 3 unspecified atom stereocenters. The lowest BCUT2D eigenvalue weighted by molar-refractivity contribution is 0.308. The Morgan fingerprint density at radius 1 is 0.405 bits per heavy atom. The quantitative estimate of drug-likeness (QED) is 0.0530. The molecule has 0 radical (unpaired) electrons. The molecule has 0 heterocycles. The van der Waals surface area contributed by atoms with E-state index in [9.17, 15) is 13.7 Å². The smallest absolute Gasteiger partial charge is 0.405 e. The highest BCUT2D eigenvalue weighted by Gasteiger charge is 2.45. The molecule has 0 aromatic heterocycles. The maximum atomic E-state index is 13.3. The van der Waals surface area contributed by atoms with Gasteiger partial charge < -0.3 is 10.7 Å². The van der Waals surface area contributed by atoms with Crippen molar-refractivity contribution < 1.29 is 24.4 Å². The predicted octanol–water partition coefficient (Wildman–Crippen LogP) is 10.8. The van der Waals surface area contributed by atoms with Crippen LogP contribution in [0.25, 0.3) is 0 Å². The summed E-state index contributed by atoms with van der Waals surface area (Å²) < 4.78 is 57.7. The number of unbranched alkanes of at least 4 members (excludes halogenated alkanes) is 15. The molecule has 6 nitrogen and oxygen atoms in total. The third-order valence-electron chi connectivity index (χ3n) is 6.68. The Morgan fingerprint density at radius 2 is 0.622 bits per heavy atom. The summed E-state index contributed by atoms with van der Waals surface area (Å²) in [6.45, 7) is 11.4. The average molecular weight is 601 g/mol. The average Bonchev–Trinajstić information content (AvgIpc) is 2.79. The van der Waals surface area contributed by atoms with Crippen LogP contribution in [0.1, 0.15) is 136 Å². The Kier molecular flexibility index (Phi) is 23.4. The molecule has 0 spiro atoms. The van der Waals surface area contributed by atoms with E-state index < -0.39 is 37.3 Å². The van der Waals surface area contributed by atoms with Crippen LogP contribution in [0.2, 0.25) is 0 Å². The first-order valence-electron chi connectivity index (χ1n) is 15.2. The van der Waals surface area contributed by atoms with Gasteiger partial charge in [0.05, 0.1) is 0 Å². The van der Waals surface area contributed by atoms with E-state index in [1.807, 2.05) is 0 Å². The van der Waals surface area contributed by atoms with Gasteiger partial charge in [-0.25, -0.2) is 0 Å². The van der Waals surface area contributed by atoms with Gasteiger partial charge in [-0.15, -0.1) is 0 Å². The van der Waals surface area contributed by atoms with Gasteiger partial charge in [0.25, 0.3) is 0 Å². The van der Waals surface area contributed by atoms with E-state index in [0.717, 1.165) is 57.8 Å². The molecule has 37 heavy (non-hydrogen) atoms. The molecule has 0 saturated carbocycles. The lowest BCUT2D eigenvalue weighted by atomic mass is 10.1. The predicted molar refractivity (Wildman–Crippen MR) is 164 cm³/mol. The van der Waals surface area contributed by atoms with Crippen LogP contribution in [0.4, 0.5) is 0 Å². The van der Waals surface area contributed by atoms with Crippen LogP contribution in [-0.2, 0) is 24.4 Å². The normalized spacial score (nSPS) is 16.7. The summed E-state index contributed by atoms with van der Waals surface area (Å²) in [5.74, 6) is 0. The molecule has 0 fully saturated rings. The lowest BCUT2D eigenvalue weighted by Gasteiger charge is -2.25. The van der Waals surface area contributed by atoms with Crippen molar-refractivity contribution in [2.75, 3.05) is 38.5 Å². The van der Waals surface area contributed by atoms with Crippen LogP contribution in [0.15, 0.2) is 0 Å². The third-order valence-corrected chi connectivity index (χ3v) is 17.5. The molecule has 0 saturated heterocycles. The maximum Gasteiger partial charge on any atom is 0.921 e. The highest BCUT2D eigenvalue weighted by Crippen LogP contribution is 2.54. The SMILES string of the molecule is CCCCCCCCP(C)(=O)[O][Al]([O]P(C)(=O)CCCCCCCC)[O]P(C)(=O)CCCCCCCC. The zero-order valence-electron chi connectivity index (χ0n) is 25.2. The summed E-state index contributed by atoms with van der Waals surface area (Å²) in [5.41, 5.74) is 0. The third kappa shape index (κ3) is 24.6. The molecule has 10 heteroatoms. The molecule has 0 aliphatic rings. The molecular weight excluding hydrogens is 540 g/mol. The van der Waals surface area contributed by atoms with Crippen LogP contribution in [0.5, 0.6) is 0 Å². The molecule has 3 atom stereocenters. The fraction of sp³-hybridized carbons (Fsp3) is 1.00. The van der Waals surface area contributed by atoms with E-state index in [1.54, 1.807) is 20.0 Å². The van der Waals surface area contributed by atoms with Gasteiger partial charge in [0.1, 0.15) is 0 Å². The summed E-state index contributed by atoms with van der Waals surface area (Å²) in [6.07, 6.45) is 21.1. The molecule has 0 bridgehead atoms. The Balaban J connectivity index is 4.99. The molecular formula is C27H60AlO6P3. The van der Waals surface area contributed by atoms with Gasteiger partial charge in [-0.3, -0.25) is 13.7 Å². The van der Waals surface area contributed by atoms with Crippen molar-refractivity contribution in [2.24, 2.45) is 0 Å². The van der Waals surface area contributed by atoms with Gasteiger partial charge in [0, 0.05) is 38.5 Å². The van der Waals surface area contributed by atoms with Gasteiger partial charge in [-0.2, -0.15) is 0 Å². The number of hydrogen-bond acceptors (Lipinski definition) is 6. The Labute approximate surface area is 235 Å². The fourth-order valence-electron chi connectivity index (χ4n) is 4.30. The zero-order chi connectivity index (χ0) is 28.0. The summed E-state index contributed by atoms with van der Waals surface area (Å²) in [7, 11) is -8.99. The number of rotatable bonds is 27. The Morgan fingerprint density at radius 3 is 0.865 bits per heavy atom. The highest BCUT2D eigenvalue weighted by molar-refractivity contribution is 7.62. The Bertz CT molecular complexity index is 601. The first kappa shape index (κ1) is 38.1. The van der Waals surface area contributed by atoms with Crippen LogP contribution in [0, 0.1) is 0 Å². The number of hydrogen-bond donors (Lipinski definition) is 0. The monoisotopic (exact) mass is 600 g/mol. The van der Waals surface area contributed by atoms with E-state index >= 15 is 0 Å². The molecule has 0 aliphatic carbocycles. The Hall–Kier alpha value is 1.10. The van der Waals surface area contributed by atoms with E-state index in [0.29, 0.717) is 18.5 Å². The summed E-state index contributed by atoms with van der Waals surface area (Å²) in [5, 5.41) is 0. The molecule has 0 aromatic carbocycles. The minimum absolute atomic E-state index is 0.451. The second kappa shape index (κ2) is 22.8. The van der Waals surface area contributed by atoms with E-state index in [4.69, 9.17) is 10.7 Å². The van der Waals surface area contributed by atoms with Crippen molar-refractivity contribution in [1.82, 2.24) is 0 Å². The topological polar surface area (TPSA) is 78.9 Å². The van der Waals surface area contributed by atoms with Gasteiger partial charge >= 0.3 is 15.1 Å². The molecule has 0 aliphatic heterocycles. The van der Waals surface area contributed by atoms with Crippen molar-refractivity contribution >= 4 is 37.3 Å².